The molecule has 1 aliphatic rings. The molecule has 1 fully saturated rings. The molecule has 2 N–H and O–H groups in total. The van der Waals surface area contributed by atoms with Crippen LogP contribution in [0.15, 0.2) is 59.7 Å². The number of carbonyl (C=O) groups excluding carboxylic acids is 1. The van der Waals surface area contributed by atoms with Crippen molar-refractivity contribution in [3.63, 3.8) is 0 Å². The van der Waals surface area contributed by atoms with Gasteiger partial charge in [0.25, 0.3) is 5.91 Å². The normalized spacial score (nSPS) is 16.6. The van der Waals surface area contributed by atoms with E-state index in [1.54, 1.807) is 30.5 Å². The topological polar surface area (TPSA) is 64.9 Å². The second-order valence-corrected chi connectivity index (χ2v) is 6.24. The molecule has 0 aromatic heterocycles. The Hall–Kier alpha value is -2.66. The molecule has 3 rings (SSSR count). The quantitative estimate of drug-likeness (QED) is 0.651. The number of amides is 1. The fourth-order valence-electron chi connectivity index (χ4n) is 3.13. The van der Waals surface area contributed by atoms with Crippen LogP contribution in [0.1, 0.15) is 36.4 Å². The summed E-state index contributed by atoms with van der Waals surface area (Å²) in [5.74, 6) is 0.0820. The smallest absolute Gasteiger partial charge is 0.262 e. The molecule has 0 spiro atoms. The lowest BCUT2D eigenvalue weighted by atomic mass is 10.0. The Kier molecular flexibility index (Phi) is 5.80. The highest BCUT2D eigenvalue weighted by Gasteiger charge is 2.28. The number of likely N-dealkylation sites (tertiary alicyclic amines) is 1. The number of phenolic OH excluding ortho intramolecular Hbond substituents is 1. The second-order valence-electron chi connectivity index (χ2n) is 6.24. The van der Waals surface area contributed by atoms with Crippen LogP contribution in [0.2, 0.25) is 0 Å². The van der Waals surface area contributed by atoms with Crippen molar-refractivity contribution in [1.29, 1.82) is 0 Å². The van der Waals surface area contributed by atoms with E-state index in [0.29, 0.717) is 0 Å². The van der Waals surface area contributed by atoms with Crippen LogP contribution in [0.5, 0.6) is 5.75 Å². The first-order valence-corrected chi connectivity index (χ1v) is 8.65. The fourth-order valence-corrected chi connectivity index (χ4v) is 3.13. The zero-order valence-electron chi connectivity index (χ0n) is 14.1. The number of aromatic hydroxyl groups is 1. The molecule has 2 aromatic carbocycles. The summed E-state index contributed by atoms with van der Waals surface area (Å²) in [6.07, 6.45) is 5.04. The van der Waals surface area contributed by atoms with Crippen LogP contribution in [0.4, 0.5) is 0 Å². The number of piperidine rings is 1. The first-order valence-electron chi connectivity index (χ1n) is 8.65. The van der Waals surface area contributed by atoms with E-state index in [2.05, 4.69) is 15.4 Å². The van der Waals surface area contributed by atoms with Gasteiger partial charge in [0.15, 0.2) is 0 Å². The molecule has 5 heteroatoms. The van der Waals surface area contributed by atoms with Crippen LogP contribution in [-0.4, -0.2) is 35.2 Å². The fraction of sp³-hybridized carbons (Fsp3) is 0.300. The van der Waals surface area contributed by atoms with Gasteiger partial charge in [0, 0.05) is 0 Å². The van der Waals surface area contributed by atoms with Gasteiger partial charge in [-0.3, -0.25) is 9.69 Å². The zero-order chi connectivity index (χ0) is 17.5. The molecule has 1 amide bonds. The number of carbonyl (C=O) groups is 1. The van der Waals surface area contributed by atoms with Gasteiger partial charge in [-0.25, -0.2) is 5.43 Å². The van der Waals surface area contributed by atoms with E-state index in [4.69, 9.17) is 0 Å². The molecule has 130 valence electrons. The summed E-state index contributed by atoms with van der Waals surface area (Å²) >= 11 is 0. The number of phenols is 1. The van der Waals surface area contributed by atoms with Crippen LogP contribution in [-0.2, 0) is 4.79 Å². The number of hydrogen-bond donors (Lipinski definition) is 2. The molecular weight excluding hydrogens is 314 g/mol. The molecule has 1 atom stereocenters. The average Bonchev–Trinajstić information content (AvgIpc) is 2.65. The average molecular weight is 337 g/mol. The van der Waals surface area contributed by atoms with Gasteiger partial charge in [-0.1, -0.05) is 36.8 Å². The van der Waals surface area contributed by atoms with E-state index >= 15 is 0 Å². The van der Waals surface area contributed by atoms with Gasteiger partial charge in [-0.15, -0.1) is 0 Å². The molecular formula is C20H23N3O2. The Morgan fingerprint density at radius 3 is 2.40 bits per heavy atom. The third kappa shape index (κ3) is 4.67. The number of hydrogen-bond acceptors (Lipinski definition) is 4. The van der Waals surface area contributed by atoms with E-state index in [0.717, 1.165) is 37.1 Å². The Morgan fingerprint density at radius 2 is 1.72 bits per heavy atom. The summed E-state index contributed by atoms with van der Waals surface area (Å²) in [5.41, 5.74) is 4.47. The maximum atomic E-state index is 12.8. The molecule has 5 nitrogen and oxygen atoms in total. The van der Waals surface area contributed by atoms with Crippen LogP contribution in [0, 0.1) is 0 Å². The van der Waals surface area contributed by atoms with E-state index in [9.17, 15) is 9.90 Å². The SMILES string of the molecule is O=C(N/N=C\c1ccc(O)cc1)[C@H](c1ccccc1)N1CCCCC1. The number of benzene rings is 2. The predicted octanol–water partition coefficient (Wildman–Crippen LogP) is 3.07. The van der Waals surface area contributed by atoms with Gasteiger partial charge in [0.2, 0.25) is 0 Å². The minimum absolute atomic E-state index is 0.122. The maximum Gasteiger partial charge on any atom is 0.262 e. The standard InChI is InChI=1S/C20H23N3O2/c24-18-11-9-16(10-12-18)15-21-22-20(25)19(17-7-3-1-4-8-17)23-13-5-2-6-14-23/h1,3-4,7-12,15,19,24H,2,5-6,13-14H2,(H,22,25)/b21-15-/t19-/m0/s1. The monoisotopic (exact) mass is 337 g/mol. The lowest BCUT2D eigenvalue weighted by Crippen LogP contribution is -2.41. The Bertz CT molecular complexity index is 707. The highest BCUT2D eigenvalue weighted by molar-refractivity contribution is 5.85. The van der Waals surface area contributed by atoms with Gasteiger partial charge in [0.1, 0.15) is 11.8 Å². The van der Waals surface area contributed by atoms with Gasteiger partial charge in [-0.05, 0) is 61.3 Å². The largest absolute Gasteiger partial charge is 0.508 e. The number of rotatable bonds is 5. The molecule has 1 aliphatic heterocycles. The van der Waals surface area contributed by atoms with Crippen molar-refractivity contribution in [3.8, 4) is 5.75 Å². The highest BCUT2D eigenvalue weighted by Crippen LogP contribution is 2.24. The third-order valence-electron chi connectivity index (χ3n) is 4.40. The summed E-state index contributed by atoms with van der Waals surface area (Å²) in [6.45, 7) is 1.85. The highest BCUT2D eigenvalue weighted by atomic mass is 16.3. The number of nitrogens with zero attached hydrogens (tertiary/aromatic N) is 2. The summed E-state index contributed by atoms with van der Waals surface area (Å²) in [6, 6.07) is 16.2. The van der Waals surface area contributed by atoms with Crippen molar-refractivity contribution in [1.82, 2.24) is 10.3 Å². The molecule has 0 unspecified atom stereocenters. The first kappa shape index (κ1) is 17.2. The predicted molar refractivity (Wildman–Crippen MR) is 98.5 cm³/mol. The molecule has 1 heterocycles. The van der Waals surface area contributed by atoms with Crippen molar-refractivity contribution in [3.05, 3.63) is 65.7 Å². The number of nitrogens with one attached hydrogen (secondary N) is 1. The van der Waals surface area contributed by atoms with Gasteiger partial charge in [-0.2, -0.15) is 5.10 Å². The lowest BCUT2D eigenvalue weighted by Gasteiger charge is -2.33. The van der Waals surface area contributed by atoms with Crippen LogP contribution in [0.25, 0.3) is 0 Å². The summed E-state index contributed by atoms with van der Waals surface area (Å²) < 4.78 is 0. The molecule has 25 heavy (non-hydrogen) atoms. The molecule has 0 radical (unpaired) electrons. The van der Waals surface area contributed by atoms with Gasteiger partial charge >= 0.3 is 0 Å². The van der Waals surface area contributed by atoms with Crippen molar-refractivity contribution >= 4 is 12.1 Å². The van der Waals surface area contributed by atoms with Crippen molar-refractivity contribution in [2.24, 2.45) is 5.10 Å². The summed E-state index contributed by atoms with van der Waals surface area (Å²) in [5, 5.41) is 13.4. The van der Waals surface area contributed by atoms with Crippen LogP contribution < -0.4 is 5.43 Å². The van der Waals surface area contributed by atoms with Crippen molar-refractivity contribution in [2.75, 3.05) is 13.1 Å². The van der Waals surface area contributed by atoms with E-state index < -0.39 is 0 Å². The minimum Gasteiger partial charge on any atom is -0.508 e. The maximum absolute atomic E-state index is 12.8. The van der Waals surface area contributed by atoms with Crippen LogP contribution in [0.3, 0.4) is 0 Å². The third-order valence-corrected chi connectivity index (χ3v) is 4.40. The van der Waals surface area contributed by atoms with E-state index in [-0.39, 0.29) is 17.7 Å². The number of hydrazone groups is 1. The Labute approximate surface area is 148 Å². The second kappa shape index (κ2) is 8.44. The minimum atomic E-state index is -0.321. The molecule has 2 aromatic rings. The Morgan fingerprint density at radius 1 is 1.04 bits per heavy atom. The molecule has 0 bridgehead atoms. The summed E-state index contributed by atoms with van der Waals surface area (Å²) in [7, 11) is 0. The van der Waals surface area contributed by atoms with Crippen LogP contribution >= 0.6 is 0 Å². The molecule has 0 aliphatic carbocycles. The zero-order valence-corrected chi connectivity index (χ0v) is 14.1. The Balaban J connectivity index is 1.71. The first-order chi connectivity index (χ1) is 12.2. The van der Waals surface area contributed by atoms with Gasteiger partial charge < -0.3 is 5.11 Å². The molecule has 1 saturated heterocycles. The lowest BCUT2D eigenvalue weighted by molar-refractivity contribution is -0.127. The van der Waals surface area contributed by atoms with Gasteiger partial charge in [0.05, 0.1) is 6.21 Å². The molecule has 0 saturated carbocycles. The van der Waals surface area contributed by atoms with E-state index in [1.807, 2.05) is 30.3 Å². The summed E-state index contributed by atoms with van der Waals surface area (Å²) in [4.78, 5) is 15.0. The van der Waals surface area contributed by atoms with Crippen molar-refractivity contribution < 1.29 is 9.90 Å². The van der Waals surface area contributed by atoms with E-state index in [1.165, 1.54) is 6.42 Å². The van der Waals surface area contributed by atoms with Crippen molar-refractivity contribution in [2.45, 2.75) is 25.3 Å².